The number of ether oxygens (including phenoxy) is 3. The molecule has 0 amide bonds. The number of rotatable bonds is 18. The number of carbonyl (C=O) groups is 6. The second-order valence-corrected chi connectivity index (χ2v) is 38.9. The van der Waals surface area contributed by atoms with Crippen molar-refractivity contribution < 1.29 is 43.0 Å². The van der Waals surface area contributed by atoms with Crippen molar-refractivity contribution in [2.75, 3.05) is 21.1 Å². The Morgan fingerprint density at radius 3 is 0.693 bits per heavy atom. The van der Waals surface area contributed by atoms with Crippen LogP contribution in [0.3, 0.4) is 0 Å². The summed E-state index contributed by atoms with van der Waals surface area (Å²) < 4.78 is 24.8. The van der Waals surface area contributed by atoms with E-state index in [1.807, 2.05) is 127 Å². The fraction of sp³-hybridized carbons (Fsp3) is 0.484. The van der Waals surface area contributed by atoms with Crippen LogP contribution in [-0.2, 0) is 68.2 Å². The van der Waals surface area contributed by atoms with Crippen LogP contribution < -0.4 is 14.2 Å². The largest absolute Gasteiger partial charge is 0.487 e. The van der Waals surface area contributed by atoms with Crippen molar-refractivity contribution in [3.8, 4) is 17.2 Å². The van der Waals surface area contributed by atoms with E-state index in [0.717, 1.165) is 156 Å². The molecule has 114 heavy (non-hydrogen) atoms. The Morgan fingerprint density at radius 2 is 0.500 bits per heavy atom. The molecular weight excluding hydrogens is 1430 g/mol. The van der Waals surface area contributed by atoms with Crippen molar-refractivity contribution >= 4 is 34.7 Å². The highest BCUT2D eigenvalue weighted by molar-refractivity contribution is 6.09. The van der Waals surface area contributed by atoms with Gasteiger partial charge in [0.15, 0.2) is 34.7 Å². The van der Waals surface area contributed by atoms with E-state index in [4.69, 9.17) is 14.2 Å². The van der Waals surface area contributed by atoms with Crippen molar-refractivity contribution in [2.24, 2.45) is 32.5 Å². The standard InChI is InChI=1S/C93H108N12O9/c1-52-64(46-103-43-58(94-97-103)49-112-61-25-19-55(20-26-61)79-82-67(31-88(4,5)37-73(82)106)100(16)68-32-89(6,7)38-74(107)83(68)79)53(2)66(48-105-45-60(96-99-105)51-114-63-29-23-57(24-30-63)81-86-71(35-92(12,13)41-77(86)110)102(18)72-36-93(14,15)42-78(111)87(72)81)54(3)65(52)47-104-44-59(95-98-104)50-113-62-27-21-56(22-28-62)80-84-69(33-90(8,9)39-75(84)108)101(17)70-34-91(10,11)40-76(109)85(70)80/h19-30,43-45,79-81H,31-42,46-51H2,1-18H3. The Morgan fingerprint density at radius 1 is 0.307 bits per heavy atom. The van der Waals surface area contributed by atoms with E-state index in [1.165, 1.54) is 0 Å². The summed E-state index contributed by atoms with van der Waals surface area (Å²) in [5.74, 6) is 1.13. The minimum atomic E-state index is -0.443. The molecule has 0 unspecified atom stereocenters. The molecule has 6 heterocycles. The molecule has 16 rings (SSSR count). The lowest BCUT2D eigenvalue weighted by Crippen LogP contribution is -2.43. The number of carbonyl (C=O) groups excluding carboxylic acids is 6. The number of allylic oxidation sites excluding steroid dienone is 12. The fourth-order valence-electron chi connectivity index (χ4n) is 20.3. The van der Waals surface area contributed by atoms with Gasteiger partial charge >= 0.3 is 0 Å². The molecule has 0 saturated heterocycles. The zero-order chi connectivity index (χ0) is 80.9. The minimum absolute atomic E-state index is 0.101. The predicted molar refractivity (Wildman–Crippen MR) is 432 cm³/mol. The summed E-state index contributed by atoms with van der Waals surface area (Å²) in [5, 5.41) is 27.8. The fourth-order valence-corrected chi connectivity index (χ4v) is 20.3. The molecule has 0 saturated carbocycles. The van der Waals surface area contributed by atoms with E-state index in [1.54, 1.807) is 0 Å². The molecule has 6 aliphatic carbocycles. The van der Waals surface area contributed by atoms with Crippen LogP contribution in [-0.4, -0.2) is 116 Å². The van der Waals surface area contributed by atoms with Crippen LogP contribution in [0.15, 0.2) is 159 Å². The summed E-state index contributed by atoms with van der Waals surface area (Å²) in [6.07, 6.45) is 12.8. The summed E-state index contributed by atoms with van der Waals surface area (Å²) in [5.41, 5.74) is 20.3. The Balaban J connectivity index is 0.643. The first kappa shape index (κ1) is 77.5. The van der Waals surface area contributed by atoms with Crippen molar-refractivity contribution in [1.82, 2.24) is 59.7 Å². The summed E-state index contributed by atoms with van der Waals surface area (Å²) in [6, 6.07) is 23.5. The second-order valence-electron chi connectivity index (χ2n) is 38.9. The van der Waals surface area contributed by atoms with Gasteiger partial charge in [0.05, 0.1) is 38.2 Å². The van der Waals surface area contributed by atoms with E-state index in [9.17, 15) is 28.8 Å². The Hall–Kier alpha value is -10.4. The van der Waals surface area contributed by atoms with E-state index < -0.39 is 17.8 Å². The van der Waals surface area contributed by atoms with Gasteiger partial charge in [-0.2, -0.15) is 0 Å². The van der Waals surface area contributed by atoms with E-state index in [0.29, 0.717) is 92.5 Å². The first-order valence-electron chi connectivity index (χ1n) is 40.5. The average molecular weight is 1540 g/mol. The molecule has 21 nitrogen and oxygen atoms in total. The van der Waals surface area contributed by atoms with E-state index in [-0.39, 0.29) is 87.0 Å². The van der Waals surface area contributed by atoms with Gasteiger partial charge in [-0.05, 0) is 178 Å². The lowest BCUT2D eigenvalue weighted by molar-refractivity contribution is -0.121. The number of hydrogen-bond donors (Lipinski definition) is 0. The van der Waals surface area contributed by atoms with Crippen LogP contribution >= 0.6 is 0 Å². The smallest absolute Gasteiger partial charge is 0.162 e. The normalized spacial score (nSPS) is 21.4. The number of Topliss-reactive ketones (excluding diaryl/α,β-unsaturated/α-hetero) is 6. The molecule has 3 aromatic heterocycles. The first-order chi connectivity index (χ1) is 53.8. The van der Waals surface area contributed by atoms with Gasteiger partial charge in [-0.1, -0.05) is 135 Å². The lowest BCUT2D eigenvalue weighted by atomic mass is 9.64. The molecular formula is C93H108N12O9. The van der Waals surface area contributed by atoms with Crippen LogP contribution in [0.2, 0.25) is 0 Å². The summed E-state index contributed by atoms with van der Waals surface area (Å²) in [4.78, 5) is 91.8. The number of ketones is 6. The van der Waals surface area contributed by atoms with Crippen molar-refractivity contribution in [1.29, 1.82) is 0 Å². The summed E-state index contributed by atoms with van der Waals surface area (Å²) >= 11 is 0. The van der Waals surface area contributed by atoms with Gasteiger partial charge in [0, 0.05) is 145 Å². The summed E-state index contributed by atoms with van der Waals surface area (Å²) in [6.45, 7) is 33.8. The molecule has 0 bridgehead atoms. The summed E-state index contributed by atoms with van der Waals surface area (Å²) in [7, 11) is 6.09. The van der Waals surface area contributed by atoms with Crippen LogP contribution in [0.1, 0.15) is 245 Å². The van der Waals surface area contributed by atoms with E-state index in [2.05, 4.69) is 149 Å². The molecule has 0 N–H and O–H groups in total. The maximum Gasteiger partial charge on any atom is 0.162 e. The topological polar surface area (TPSA) is 232 Å². The SMILES string of the molecule is Cc1c(Cn2cc(COc3ccc(C4C5=C(CC(C)(C)CC5=O)N(C)C5=C4C(=O)CC(C)(C)C5)cc3)nn2)c(C)c(Cn2cc(COc3ccc(C4C5=C(CC(C)(C)CC5=O)N(C)C5=C4C(=O)CC(C)(C)C5)cc3)nn2)c(C)c1Cn1cc(COc2ccc(C3C4=C(CC(C)(C)CC4=O)N(C)C4=C3C(=O)CC(C)(C)C4)cc2)nn1. The average Bonchev–Trinajstić information content (AvgIpc) is 0.856. The number of nitrogens with zero attached hydrogens (tertiary/aromatic N) is 12. The molecule has 21 heteroatoms. The van der Waals surface area contributed by atoms with Crippen molar-refractivity contribution in [3.63, 3.8) is 0 Å². The molecule has 4 aromatic carbocycles. The van der Waals surface area contributed by atoms with Crippen LogP contribution in [0.5, 0.6) is 17.2 Å². The second kappa shape index (κ2) is 28.2. The Labute approximate surface area is 669 Å². The molecule has 0 spiro atoms. The Kier molecular flexibility index (Phi) is 19.2. The van der Waals surface area contributed by atoms with Crippen LogP contribution in [0, 0.1) is 53.3 Å². The van der Waals surface area contributed by atoms with Crippen molar-refractivity contribution in [2.45, 2.75) is 238 Å². The molecule has 0 fully saturated rings. The number of aromatic nitrogens is 9. The van der Waals surface area contributed by atoms with Gasteiger partial charge in [-0.25, -0.2) is 14.0 Å². The molecule has 0 atom stereocenters. The van der Waals surface area contributed by atoms with Gasteiger partial charge < -0.3 is 28.9 Å². The third-order valence-corrected chi connectivity index (χ3v) is 25.8. The monoisotopic (exact) mass is 1540 g/mol. The van der Waals surface area contributed by atoms with Gasteiger partial charge in [0.2, 0.25) is 0 Å². The number of hydrogen-bond acceptors (Lipinski definition) is 18. The van der Waals surface area contributed by atoms with Gasteiger partial charge in [-0.15, -0.1) is 15.3 Å². The van der Waals surface area contributed by atoms with Crippen LogP contribution in [0.4, 0.5) is 0 Å². The minimum Gasteiger partial charge on any atom is -0.487 e. The van der Waals surface area contributed by atoms with Crippen molar-refractivity contribution in [3.05, 3.63) is 226 Å². The van der Waals surface area contributed by atoms with Crippen LogP contribution in [0.25, 0.3) is 0 Å². The Bertz CT molecular complexity index is 4720. The predicted octanol–water partition coefficient (Wildman–Crippen LogP) is 16.2. The quantitative estimate of drug-likeness (QED) is 0.0777. The highest BCUT2D eigenvalue weighted by Gasteiger charge is 2.52. The zero-order valence-corrected chi connectivity index (χ0v) is 69.7. The van der Waals surface area contributed by atoms with Gasteiger partial charge in [0.25, 0.3) is 0 Å². The molecule has 0 radical (unpaired) electrons. The maximum absolute atomic E-state index is 14.2. The highest BCUT2D eigenvalue weighted by Crippen LogP contribution is 2.58. The third kappa shape index (κ3) is 14.6. The first-order valence-corrected chi connectivity index (χ1v) is 40.5. The van der Waals surface area contributed by atoms with E-state index >= 15 is 0 Å². The number of benzene rings is 4. The van der Waals surface area contributed by atoms with Gasteiger partial charge in [-0.3, -0.25) is 28.8 Å². The zero-order valence-electron chi connectivity index (χ0n) is 69.7. The molecule has 9 aliphatic rings. The molecule has 3 aliphatic heterocycles. The highest BCUT2D eigenvalue weighted by atomic mass is 16.5. The van der Waals surface area contributed by atoms with Gasteiger partial charge in [0.1, 0.15) is 54.2 Å². The third-order valence-electron chi connectivity index (χ3n) is 25.8. The molecule has 594 valence electrons. The lowest BCUT2D eigenvalue weighted by Gasteiger charge is -2.47. The maximum atomic E-state index is 14.2. The molecule has 7 aromatic rings.